The number of fused-ring (bicyclic) bond motifs is 3. The van der Waals surface area contributed by atoms with Gasteiger partial charge in [-0.1, -0.05) is 42.5 Å². The number of amides is 1. The van der Waals surface area contributed by atoms with Crippen LogP contribution in [0.4, 0.5) is 5.69 Å². The van der Waals surface area contributed by atoms with Gasteiger partial charge in [-0.25, -0.2) is 0 Å². The Hall–Kier alpha value is -2.76. The highest BCUT2D eigenvalue weighted by molar-refractivity contribution is 6.09. The van der Waals surface area contributed by atoms with Crippen molar-refractivity contribution >= 4 is 22.4 Å². The van der Waals surface area contributed by atoms with Gasteiger partial charge in [0, 0.05) is 37.0 Å². The average Bonchev–Trinajstić information content (AvgIpc) is 2.97. The van der Waals surface area contributed by atoms with E-state index >= 15 is 0 Å². The minimum atomic E-state index is -0.412. The lowest BCUT2D eigenvalue weighted by Crippen LogP contribution is -2.61. The van der Waals surface area contributed by atoms with Gasteiger partial charge < -0.3 is 15.3 Å². The Balaban J connectivity index is 1.55. The summed E-state index contributed by atoms with van der Waals surface area (Å²) >= 11 is 0. The van der Waals surface area contributed by atoms with Crippen molar-refractivity contribution in [3.05, 3.63) is 71.5 Å². The molecular formula is C24H25N3O2. The van der Waals surface area contributed by atoms with Gasteiger partial charge in [-0.2, -0.15) is 0 Å². The Labute approximate surface area is 170 Å². The molecule has 5 rings (SSSR count). The van der Waals surface area contributed by atoms with Crippen LogP contribution in [0.1, 0.15) is 29.7 Å². The summed E-state index contributed by atoms with van der Waals surface area (Å²) in [6.07, 6.45) is 4.43. The highest BCUT2D eigenvalue weighted by atomic mass is 16.2. The number of carbonyl (C=O) groups excluding carboxylic acids is 1. The Morgan fingerprint density at radius 1 is 1.07 bits per heavy atom. The van der Waals surface area contributed by atoms with Gasteiger partial charge in [0.05, 0.1) is 12.2 Å². The number of para-hydroxylation sites is 1. The zero-order valence-electron chi connectivity index (χ0n) is 16.4. The van der Waals surface area contributed by atoms with E-state index < -0.39 is 5.41 Å². The first kappa shape index (κ1) is 18.3. The van der Waals surface area contributed by atoms with E-state index in [1.54, 1.807) is 0 Å². The van der Waals surface area contributed by atoms with E-state index in [0.29, 0.717) is 19.6 Å². The summed E-state index contributed by atoms with van der Waals surface area (Å²) in [5.74, 6) is 0.175. The zero-order chi connectivity index (χ0) is 19.8. The SMILES string of the molecule is O=C1N(Cc2ncc3ccccc3c2CCCCO)c2ccccc2C12CNC2. The Morgan fingerprint density at radius 2 is 1.86 bits per heavy atom. The predicted molar refractivity (Wildman–Crippen MR) is 114 cm³/mol. The predicted octanol–water partition coefficient (Wildman–Crippen LogP) is 2.94. The number of nitrogens with one attached hydrogen (secondary N) is 1. The highest BCUT2D eigenvalue weighted by Crippen LogP contribution is 2.45. The number of anilines is 1. The molecule has 3 heterocycles. The third-order valence-corrected chi connectivity index (χ3v) is 6.36. The average molecular weight is 387 g/mol. The molecule has 2 aliphatic rings. The molecule has 1 amide bonds. The van der Waals surface area contributed by atoms with Crippen molar-refractivity contribution in [2.24, 2.45) is 0 Å². The molecule has 29 heavy (non-hydrogen) atoms. The Bertz CT molecular complexity index is 1070. The topological polar surface area (TPSA) is 65.5 Å². The van der Waals surface area contributed by atoms with Crippen LogP contribution in [0.5, 0.6) is 0 Å². The standard InChI is InChI=1S/C24H25N3O2/c28-12-6-5-9-19-18-8-2-1-7-17(18)13-26-21(19)14-27-22-11-4-3-10-20(22)24(23(27)29)15-25-16-24/h1-4,7-8,10-11,13,25,28H,5-6,9,12,14-16H2. The van der Waals surface area contributed by atoms with Crippen LogP contribution in [0.25, 0.3) is 10.8 Å². The van der Waals surface area contributed by atoms with Crippen LogP contribution in [-0.2, 0) is 23.2 Å². The number of aliphatic hydroxyl groups is 1. The number of benzene rings is 2. The van der Waals surface area contributed by atoms with Gasteiger partial charge in [0.25, 0.3) is 0 Å². The maximum absolute atomic E-state index is 13.4. The largest absolute Gasteiger partial charge is 0.396 e. The van der Waals surface area contributed by atoms with Crippen LogP contribution in [0.15, 0.2) is 54.7 Å². The maximum Gasteiger partial charge on any atom is 0.240 e. The molecule has 0 bridgehead atoms. The lowest BCUT2D eigenvalue weighted by Gasteiger charge is -2.38. The first-order chi connectivity index (χ1) is 14.2. The van der Waals surface area contributed by atoms with Gasteiger partial charge in [0.1, 0.15) is 5.41 Å². The minimum absolute atomic E-state index is 0.175. The van der Waals surface area contributed by atoms with Crippen LogP contribution in [-0.4, -0.2) is 35.7 Å². The third-order valence-electron chi connectivity index (χ3n) is 6.36. The smallest absolute Gasteiger partial charge is 0.240 e. The van der Waals surface area contributed by atoms with Crippen LogP contribution in [0.2, 0.25) is 0 Å². The van der Waals surface area contributed by atoms with Crippen molar-refractivity contribution in [1.82, 2.24) is 10.3 Å². The van der Waals surface area contributed by atoms with Gasteiger partial charge >= 0.3 is 0 Å². The second-order valence-electron chi connectivity index (χ2n) is 8.05. The number of pyridine rings is 1. The van der Waals surface area contributed by atoms with Crippen molar-refractivity contribution in [3.8, 4) is 0 Å². The fraction of sp³-hybridized carbons (Fsp3) is 0.333. The number of aryl methyl sites for hydroxylation is 1. The van der Waals surface area contributed by atoms with Gasteiger partial charge in [-0.15, -0.1) is 0 Å². The van der Waals surface area contributed by atoms with Crippen molar-refractivity contribution < 1.29 is 9.90 Å². The Morgan fingerprint density at radius 3 is 2.66 bits per heavy atom. The molecule has 5 nitrogen and oxygen atoms in total. The number of nitrogens with zero attached hydrogens (tertiary/aromatic N) is 2. The van der Waals surface area contributed by atoms with Gasteiger partial charge in [0.2, 0.25) is 5.91 Å². The van der Waals surface area contributed by atoms with Crippen molar-refractivity contribution in [2.45, 2.75) is 31.2 Å². The fourth-order valence-corrected chi connectivity index (χ4v) is 4.71. The van der Waals surface area contributed by atoms with Gasteiger partial charge in [-0.05, 0) is 41.8 Å². The molecule has 2 aromatic carbocycles. The van der Waals surface area contributed by atoms with Crippen molar-refractivity contribution in [1.29, 1.82) is 0 Å². The van der Waals surface area contributed by atoms with E-state index in [0.717, 1.165) is 41.6 Å². The first-order valence-corrected chi connectivity index (χ1v) is 10.3. The summed E-state index contributed by atoms with van der Waals surface area (Å²) in [5, 5.41) is 14.8. The lowest BCUT2D eigenvalue weighted by molar-refractivity contribution is -0.125. The number of hydrogen-bond donors (Lipinski definition) is 2. The third kappa shape index (κ3) is 2.84. The van der Waals surface area contributed by atoms with E-state index in [1.165, 1.54) is 10.9 Å². The normalized spacial score (nSPS) is 17.0. The molecule has 0 radical (unpaired) electrons. The van der Waals surface area contributed by atoms with E-state index in [-0.39, 0.29) is 12.5 Å². The molecule has 0 aliphatic carbocycles. The van der Waals surface area contributed by atoms with Crippen LogP contribution >= 0.6 is 0 Å². The summed E-state index contributed by atoms with van der Waals surface area (Å²) in [5.41, 5.74) is 3.87. The number of aromatic nitrogens is 1. The summed E-state index contributed by atoms with van der Waals surface area (Å²) in [6.45, 7) is 2.08. The first-order valence-electron chi connectivity index (χ1n) is 10.3. The molecule has 148 valence electrons. The molecule has 5 heteroatoms. The van der Waals surface area contributed by atoms with E-state index in [4.69, 9.17) is 4.98 Å². The second-order valence-corrected chi connectivity index (χ2v) is 8.05. The molecule has 1 spiro atoms. The maximum atomic E-state index is 13.4. The quantitative estimate of drug-likeness (QED) is 0.639. The molecule has 1 aromatic heterocycles. The molecule has 3 aromatic rings. The summed E-state index contributed by atoms with van der Waals surface area (Å²) in [6, 6.07) is 16.4. The van der Waals surface area contributed by atoms with Crippen molar-refractivity contribution in [2.75, 3.05) is 24.6 Å². The van der Waals surface area contributed by atoms with Crippen LogP contribution in [0.3, 0.4) is 0 Å². The molecule has 0 saturated carbocycles. The summed E-state index contributed by atoms with van der Waals surface area (Å²) < 4.78 is 0. The molecular weight excluding hydrogens is 362 g/mol. The van der Waals surface area contributed by atoms with Crippen LogP contribution in [0, 0.1) is 0 Å². The monoisotopic (exact) mass is 387 g/mol. The van der Waals surface area contributed by atoms with Gasteiger partial charge in [0.15, 0.2) is 0 Å². The molecule has 1 saturated heterocycles. The zero-order valence-corrected chi connectivity index (χ0v) is 16.4. The Kier molecular flexibility index (Phi) is 4.57. The molecule has 2 aliphatic heterocycles. The number of rotatable bonds is 6. The highest BCUT2D eigenvalue weighted by Gasteiger charge is 2.54. The van der Waals surface area contributed by atoms with E-state index in [1.807, 2.05) is 41.4 Å². The molecule has 1 fully saturated rings. The lowest BCUT2D eigenvalue weighted by atomic mass is 9.76. The number of hydrogen-bond acceptors (Lipinski definition) is 4. The molecule has 0 atom stereocenters. The van der Waals surface area contributed by atoms with Crippen molar-refractivity contribution in [3.63, 3.8) is 0 Å². The fourth-order valence-electron chi connectivity index (χ4n) is 4.71. The summed E-state index contributed by atoms with van der Waals surface area (Å²) in [4.78, 5) is 20.1. The number of unbranched alkanes of at least 4 members (excludes halogenated alkanes) is 1. The number of aliphatic hydroxyl groups excluding tert-OH is 1. The van der Waals surface area contributed by atoms with Crippen LogP contribution < -0.4 is 10.2 Å². The van der Waals surface area contributed by atoms with E-state index in [9.17, 15) is 9.90 Å². The second kappa shape index (κ2) is 7.25. The summed E-state index contributed by atoms with van der Waals surface area (Å²) in [7, 11) is 0. The molecule has 0 unspecified atom stereocenters. The van der Waals surface area contributed by atoms with E-state index in [2.05, 4.69) is 23.5 Å². The number of carbonyl (C=O) groups is 1. The molecule has 2 N–H and O–H groups in total. The van der Waals surface area contributed by atoms with Gasteiger partial charge in [-0.3, -0.25) is 9.78 Å². The minimum Gasteiger partial charge on any atom is -0.396 e.